The molecule has 0 aromatic heterocycles. The first-order valence-corrected chi connectivity index (χ1v) is 9.50. The largest absolute Gasteiger partial charge is 0.744 e. The molecule has 0 unspecified atom stereocenters. The zero-order chi connectivity index (χ0) is 19.7. The van der Waals surface area contributed by atoms with Crippen LogP contribution >= 0.6 is 0 Å². The van der Waals surface area contributed by atoms with E-state index in [2.05, 4.69) is 33.0 Å². The number of quaternary nitrogens is 1. The first-order valence-electron chi connectivity index (χ1n) is 8.09. The molecule has 0 bridgehead atoms. The SMILES string of the molecule is C=C(C)C(=O)NCCCC[N+](C)(C)C.Cc1ccc(S(=O)(=O)[O-])cc1. The van der Waals surface area contributed by atoms with Gasteiger partial charge < -0.3 is 14.4 Å². The Morgan fingerprint density at radius 2 is 1.68 bits per heavy atom. The first-order chi connectivity index (χ1) is 11.3. The number of hydrogen-bond acceptors (Lipinski definition) is 4. The normalized spacial score (nSPS) is 11.3. The number of aryl methyl sites for hydroxylation is 1. The van der Waals surface area contributed by atoms with Crippen molar-refractivity contribution < 1.29 is 22.2 Å². The van der Waals surface area contributed by atoms with Gasteiger partial charge in [-0.3, -0.25) is 4.79 Å². The minimum Gasteiger partial charge on any atom is -0.744 e. The van der Waals surface area contributed by atoms with Crippen molar-refractivity contribution in [3.05, 3.63) is 42.0 Å². The summed E-state index contributed by atoms with van der Waals surface area (Å²) in [7, 11) is 2.25. The van der Waals surface area contributed by atoms with Crippen LogP contribution in [0, 0.1) is 6.92 Å². The topological polar surface area (TPSA) is 86.3 Å². The number of nitrogens with one attached hydrogen (secondary N) is 1. The summed E-state index contributed by atoms with van der Waals surface area (Å²) in [4.78, 5) is 10.9. The molecule has 6 nitrogen and oxygen atoms in total. The first kappa shape index (κ1) is 23.3. The van der Waals surface area contributed by atoms with Crippen LogP contribution in [0.4, 0.5) is 0 Å². The molecule has 0 saturated heterocycles. The van der Waals surface area contributed by atoms with E-state index in [1.165, 1.54) is 12.1 Å². The summed E-state index contributed by atoms with van der Waals surface area (Å²) in [5, 5.41) is 2.82. The van der Waals surface area contributed by atoms with Gasteiger partial charge in [-0.15, -0.1) is 0 Å². The monoisotopic (exact) mass is 370 g/mol. The second-order valence-corrected chi connectivity index (χ2v) is 8.40. The molecule has 0 saturated carbocycles. The predicted molar refractivity (Wildman–Crippen MR) is 99.1 cm³/mol. The smallest absolute Gasteiger partial charge is 0.246 e. The standard InChI is InChI=1S/C11H22N2O.C7H8O3S/c1-10(2)11(14)12-8-6-7-9-13(3,4)5;1-6-2-4-7(5-3-6)11(8,9)10/h1,6-9H2,2-5H3;2-5H,1H3,(H,8,9,10). The molecule has 7 heteroatoms. The Hall–Kier alpha value is -1.70. The molecule has 1 amide bonds. The molecule has 1 N–H and O–H groups in total. The minimum absolute atomic E-state index is 0.0322. The zero-order valence-corrected chi connectivity index (χ0v) is 16.6. The number of nitrogens with zero attached hydrogens (tertiary/aromatic N) is 1. The summed E-state index contributed by atoms with van der Waals surface area (Å²) in [5.41, 5.74) is 1.51. The Labute approximate surface area is 151 Å². The lowest BCUT2D eigenvalue weighted by molar-refractivity contribution is -0.870. The maximum atomic E-state index is 11.1. The third kappa shape index (κ3) is 12.3. The Kier molecular flexibility index (Phi) is 9.62. The van der Waals surface area contributed by atoms with E-state index in [1.807, 2.05) is 6.92 Å². The minimum atomic E-state index is -4.27. The molecule has 0 atom stereocenters. The second kappa shape index (κ2) is 10.3. The van der Waals surface area contributed by atoms with Crippen LogP contribution in [0.2, 0.25) is 0 Å². The van der Waals surface area contributed by atoms with Crippen molar-refractivity contribution in [3.8, 4) is 0 Å². The van der Waals surface area contributed by atoms with Gasteiger partial charge in [0.1, 0.15) is 10.1 Å². The quantitative estimate of drug-likeness (QED) is 0.344. The Morgan fingerprint density at radius 1 is 1.16 bits per heavy atom. The van der Waals surface area contributed by atoms with E-state index in [0.29, 0.717) is 5.57 Å². The number of hydrogen-bond donors (Lipinski definition) is 1. The molecule has 0 aliphatic rings. The van der Waals surface area contributed by atoms with Crippen LogP contribution < -0.4 is 5.32 Å². The van der Waals surface area contributed by atoms with E-state index in [1.54, 1.807) is 19.1 Å². The van der Waals surface area contributed by atoms with E-state index in [-0.39, 0.29) is 10.8 Å². The van der Waals surface area contributed by atoms with Crippen molar-refractivity contribution in [2.24, 2.45) is 0 Å². The number of benzene rings is 1. The lowest BCUT2D eigenvalue weighted by Crippen LogP contribution is -2.35. The average Bonchev–Trinajstić information content (AvgIpc) is 2.45. The van der Waals surface area contributed by atoms with E-state index in [9.17, 15) is 17.8 Å². The van der Waals surface area contributed by atoms with Gasteiger partial charge >= 0.3 is 0 Å². The van der Waals surface area contributed by atoms with Gasteiger partial charge in [-0.2, -0.15) is 0 Å². The molecular formula is C18H30N2O4S. The molecule has 142 valence electrons. The fourth-order valence-electron chi connectivity index (χ4n) is 1.77. The van der Waals surface area contributed by atoms with Crippen LogP contribution in [0.5, 0.6) is 0 Å². The van der Waals surface area contributed by atoms with Gasteiger partial charge in [0, 0.05) is 12.1 Å². The van der Waals surface area contributed by atoms with E-state index in [0.717, 1.165) is 36.0 Å². The number of carbonyl (C=O) groups is 1. The van der Waals surface area contributed by atoms with E-state index >= 15 is 0 Å². The molecule has 0 fully saturated rings. The van der Waals surface area contributed by atoms with Gasteiger partial charge in [0.2, 0.25) is 5.91 Å². The number of rotatable bonds is 7. The molecule has 1 aromatic rings. The van der Waals surface area contributed by atoms with Crippen molar-refractivity contribution >= 4 is 16.0 Å². The summed E-state index contributed by atoms with van der Waals surface area (Å²) in [6.45, 7) is 9.02. The van der Waals surface area contributed by atoms with Crippen molar-refractivity contribution in [3.63, 3.8) is 0 Å². The van der Waals surface area contributed by atoms with Crippen molar-refractivity contribution in [2.45, 2.75) is 31.6 Å². The van der Waals surface area contributed by atoms with Crippen LogP contribution in [-0.2, 0) is 14.9 Å². The summed E-state index contributed by atoms with van der Waals surface area (Å²) in [5.74, 6) is -0.0322. The highest BCUT2D eigenvalue weighted by atomic mass is 32.2. The fraction of sp³-hybridized carbons (Fsp3) is 0.500. The molecule has 0 aliphatic heterocycles. The third-order valence-electron chi connectivity index (χ3n) is 3.24. The highest BCUT2D eigenvalue weighted by molar-refractivity contribution is 7.85. The maximum Gasteiger partial charge on any atom is 0.246 e. The van der Waals surface area contributed by atoms with Gasteiger partial charge in [-0.05, 0) is 38.8 Å². The highest BCUT2D eigenvalue weighted by Gasteiger charge is 2.06. The number of carbonyl (C=O) groups excluding carboxylic acids is 1. The van der Waals surface area contributed by atoms with Gasteiger partial charge in [-0.25, -0.2) is 8.42 Å². The Bertz CT molecular complexity index is 659. The molecule has 0 heterocycles. The molecule has 0 spiro atoms. The lowest BCUT2D eigenvalue weighted by Gasteiger charge is -2.23. The molecule has 1 rings (SSSR count). The van der Waals surface area contributed by atoms with Crippen LogP contribution in [0.25, 0.3) is 0 Å². The molecule has 1 aromatic carbocycles. The predicted octanol–water partition coefficient (Wildman–Crippen LogP) is 2.06. The highest BCUT2D eigenvalue weighted by Crippen LogP contribution is 2.08. The van der Waals surface area contributed by atoms with Gasteiger partial charge in [0.25, 0.3) is 0 Å². The van der Waals surface area contributed by atoms with Crippen LogP contribution in [0.3, 0.4) is 0 Å². The number of amides is 1. The fourth-order valence-corrected chi connectivity index (χ4v) is 2.24. The zero-order valence-electron chi connectivity index (χ0n) is 15.8. The maximum absolute atomic E-state index is 11.1. The van der Waals surface area contributed by atoms with Crippen molar-refractivity contribution in [2.75, 3.05) is 34.2 Å². The van der Waals surface area contributed by atoms with Crippen LogP contribution in [0.15, 0.2) is 41.3 Å². The average molecular weight is 371 g/mol. The third-order valence-corrected chi connectivity index (χ3v) is 4.09. The number of unbranched alkanes of at least 4 members (excludes halogenated alkanes) is 1. The van der Waals surface area contributed by atoms with Crippen LogP contribution in [-0.4, -0.2) is 57.6 Å². The van der Waals surface area contributed by atoms with Gasteiger partial charge in [-0.1, -0.05) is 24.3 Å². The Balaban J connectivity index is 0.000000472. The van der Waals surface area contributed by atoms with E-state index < -0.39 is 10.1 Å². The summed E-state index contributed by atoms with van der Waals surface area (Å²) < 4.78 is 32.1. The summed E-state index contributed by atoms with van der Waals surface area (Å²) in [6, 6.07) is 5.78. The lowest BCUT2D eigenvalue weighted by atomic mass is 10.2. The molecule has 25 heavy (non-hydrogen) atoms. The summed E-state index contributed by atoms with van der Waals surface area (Å²) >= 11 is 0. The molecule has 0 radical (unpaired) electrons. The molecular weight excluding hydrogens is 340 g/mol. The van der Waals surface area contributed by atoms with E-state index in [4.69, 9.17) is 0 Å². The Morgan fingerprint density at radius 3 is 2.08 bits per heavy atom. The van der Waals surface area contributed by atoms with Crippen LogP contribution in [0.1, 0.15) is 25.3 Å². The van der Waals surface area contributed by atoms with Crippen molar-refractivity contribution in [1.82, 2.24) is 5.32 Å². The van der Waals surface area contributed by atoms with Gasteiger partial charge in [0.05, 0.1) is 32.6 Å². The second-order valence-electron chi connectivity index (χ2n) is 7.02. The molecule has 0 aliphatic carbocycles. The van der Waals surface area contributed by atoms with Gasteiger partial charge in [0.15, 0.2) is 0 Å². The summed E-state index contributed by atoms with van der Waals surface area (Å²) in [6.07, 6.45) is 2.18. The van der Waals surface area contributed by atoms with Crippen molar-refractivity contribution in [1.29, 1.82) is 0 Å².